The zero-order valence-corrected chi connectivity index (χ0v) is 5.62. The fourth-order valence-corrected chi connectivity index (χ4v) is 0.364. The molecule has 0 aliphatic rings. The summed E-state index contributed by atoms with van der Waals surface area (Å²) in [4.78, 5) is 0. The van der Waals surface area contributed by atoms with Gasteiger partial charge in [0.15, 0.2) is 0 Å². The Morgan fingerprint density at radius 3 is 2.50 bits per heavy atom. The Bertz CT molecular complexity index is 32.7. The molecule has 0 aliphatic carbocycles. The lowest BCUT2D eigenvalue weighted by molar-refractivity contribution is 0.507. The molecule has 0 unspecified atom stereocenters. The molecule has 8 heavy (non-hydrogen) atoms. The van der Waals surface area contributed by atoms with Crippen molar-refractivity contribution in [1.29, 1.82) is 0 Å². The summed E-state index contributed by atoms with van der Waals surface area (Å²) in [6.45, 7) is 3.98. The van der Waals surface area contributed by atoms with Crippen LogP contribution in [0.1, 0.15) is 13.3 Å². The maximum Gasteiger partial charge on any atom is 0.0587 e. The first-order valence-corrected chi connectivity index (χ1v) is 3.02. The van der Waals surface area contributed by atoms with E-state index in [9.17, 15) is 0 Å². The van der Waals surface area contributed by atoms with Gasteiger partial charge in [-0.3, -0.25) is 5.43 Å². The second kappa shape index (κ2) is 6.88. The van der Waals surface area contributed by atoms with E-state index in [-0.39, 0.29) is 0 Å². The van der Waals surface area contributed by atoms with Crippen molar-refractivity contribution < 1.29 is 0 Å². The van der Waals surface area contributed by atoms with Crippen LogP contribution in [0, 0.1) is 0 Å². The van der Waals surface area contributed by atoms with E-state index >= 15 is 0 Å². The van der Waals surface area contributed by atoms with Gasteiger partial charge in [-0.05, 0) is 13.5 Å². The van der Waals surface area contributed by atoms with Gasteiger partial charge in [-0.1, -0.05) is 6.92 Å². The number of rotatable bonds is 5. The minimum absolute atomic E-state index is 0.819. The maximum atomic E-state index is 3.02. The average molecular weight is 117 g/mol. The van der Waals surface area contributed by atoms with Gasteiger partial charge in [0.2, 0.25) is 0 Å². The third-order valence-electron chi connectivity index (χ3n) is 0.765. The SMILES string of the molecule is CCCNNCNC. The van der Waals surface area contributed by atoms with Gasteiger partial charge in [0.05, 0.1) is 6.67 Å². The highest BCUT2D eigenvalue weighted by Gasteiger charge is 1.76. The molecular formula is C5H15N3. The van der Waals surface area contributed by atoms with Crippen molar-refractivity contribution in [3.8, 4) is 0 Å². The summed E-state index contributed by atoms with van der Waals surface area (Å²) >= 11 is 0. The topological polar surface area (TPSA) is 36.1 Å². The Morgan fingerprint density at radius 1 is 1.25 bits per heavy atom. The quantitative estimate of drug-likeness (QED) is 0.262. The molecule has 0 radical (unpaired) electrons. The molecule has 0 aromatic rings. The zero-order valence-electron chi connectivity index (χ0n) is 5.62. The Kier molecular flexibility index (Phi) is 6.78. The Morgan fingerprint density at radius 2 is 2.00 bits per heavy atom. The highest BCUT2D eigenvalue weighted by Crippen LogP contribution is 1.63. The summed E-state index contributed by atoms with van der Waals surface area (Å²) in [7, 11) is 1.90. The highest BCUT2D eigenvalue weighted by atomic mass is 15.4. The third-order valence-corrected chi connectivity index (χ3v) is 0.765. The lowest BCUT2D eigenvalue weighted by Crippen LogP contribution is -2.38. The van der Waals surface area contributed by atoms with Gasteiger partial charge in [-0.25, -0.2) is 5.43 Å². The van der Waals surface area contributed by atoms with Crippen LogP contribution in [0.15, 0.2) is 0 Å². The number of hydrazine groups is 1. The van der Waals surface area contributed by atoms with Crippen molar-refractivity contribution in [3.63, 3.8) is 0 Å². The lowest BCUT2D eigenvalue weighted by Gasteiger charge is -2.02. The zero-order chi connectivity index (χ0) is 6.24. The largest absolute Gasteiger partial charge is 0.307 e. The van der Waals surface area contributed by atoms with E-state index < -0.39 is 0 Å². The molecule has 3 N–H and O–H groups in total. The smallest absolute Gasteiger partial charge is 0.0587 e. The van der Waals surface area contributed by atoms with E-state index in [2.05, 4.69) is 23.1 Å². The maximum absolute atomic E-state index is 3.02. The standard InChI is InChI=1S/C5H15N3/c1-3-4-7-8-5-6-2/h6-8H,3-5H2,1-2H3. The van der Waals surface area contributed by atoms with E-state index in [1.807, 2.05) is 7.05 Å². The van der Waals surface area contributed by atoms with Crippen LogP contribution in [0.2, 0.25) is 0 Å². The molecule has 0 saturated carbocycles. The van der Waals surface area contributed by atoms with E-state index in [0.29, 0.717) is 0 Å². The van der Waals surface area contributed by atoms with E-state index in [1.54, 1.807) is 0 Å². The molecule has 0 fully saturated rings. The molecular weight excluding hydrogens is 102 g/mol. The average Bonchev–Trinajstić information content (AvgIpc) is 1.81. The van der Waals surface area contributed by atoms with Gasteiger partial charge in [0, 0.05) is 6.54 Å². The minimum Gasteiger partial charge on any atom is -0.307 e. The fourth-order valence-electron chi connectivity index (χ4n) is 0.364. The number of hydrogen-bond acceptors (Lipinski definition) is 3. The van der Waals surface area contributed by atoms with Crippen LogP contribution >= 0.6 is 0 Å². The molecule has 3 nitrogen and oxygen atoms in total. The first-order chi connectivity index (χ1) is 3.91. The second-order valence-corrected chi connectivity index (χ2v) is 1.63. The summed E-state index contributed by atoms with van der Waals surface area (Å²) in [5.41, 5.74) is 6.00. The van der Waals surface area contributed by atoms with Crippen LogP contribution in [-0.2, 0) is 0 Å². The molecule has 50 valence electrons. The molecule has 0 aromatic carbocycles. The summed E-state index contributed by atoms with van der Waals surface area (Å²) < 4.78 is 0. The fraction of sp³-hybridized carbons (Fsp3) is 1.00. The van der Waals surface area contributed by atoms with Gasteiger partial charge in [-0.2, -0.15) is 0 Å². The second-order valence-electron chi connectivity index (χ2n) is 1.63. The third kappa shape index (κ3) is 5.88. The van der Waals surface area contributed by atoms with Crippen LogP contribution in [0.5, 0.6) is 0 Å². The van der Waals surface area contributed by atoms with Gasteiger partial charge in [-0.15, -0.1) is 0 Å². The summed E-state index contributed by atoms with van der Waals surface area (Å²) in [5.74, 6) is 0. The van der Waals surface area contributed by atoms with Crippen LogP contribution in [-0.4, -0.2) is 20.3 Å². The molecule has 0 atom stereocenters. The van der Waals surface area contributed by atoms with Gasteiger partial charge in [0.1, 0.15) is 0 Å². The van der Waals surface area contributed by atoms with E-state index in [4.69, 9.17) is 0 Å². The first-order valence-electron chi connectivity index (χ1n) is 3.02. The lowest BCUT2D eigenvalue weighted by atomic mass is 10.5. The van der Waals surface area contributed by atoms with Crippen molar-refractivity contribution in [2.45, 2.75) is 13.3 Å². The summed E-state index contributed by atoms with van der Waals surface area (Å²) in [6.07, 6.45) is 1.16. The molecule has 0 saturated heterocycles. The van der Waals surface area contributed by atoms with Crippen LogP contribution < -0.4 is 16.2 Å². The van der Waals surface area contributed by atoms with Crippen LogP contribution in [0.3, 0.4) is 0 Å². The monoisotopic (exact) mass is 117 g/mol. The predicted octanol–water partition coefficient (Wildman–Crippen LogP) is -0.332. The predicted molar refractivity (Wildman–Crippen MR) is 35.4 cm³/mol. The summed E-state index contributed by atoms with van der Waals surface area (Å²) in [5, 5.41) is 2.95. The first kappa shape index (κ1) is 7.88. The summed E-state index contributed by atoms with van der Waals surface area (Å²) in [6, 6.07) is 0. The Balaban J connectivity index is 2.53. The highest BCUT2D eigenvalue weighted by molar-refractivity contribution is 4.34. The Labute approximate surface area is 50.8 Å². The molecule has 0 bridgehead atoms. The molecule has 0 aromatic heterocycles. The number of nitrogens with one attached hydrogen (secondary N) is 3. The molecule has 3 heteroatoms. The van der Waals surface area contributed by atoms with Crippen molar-refractivity contribution in [2.24, 2.45) is 0 Å². The molecule has 0 aliphatic heterocycles. The molecule has 0 amide bonds. The van der Waals surface area contributed by atoms with Crippen molar-refractivity contribution in [3.05, 3.63) is 0 Å². The normalized spacial score (nSPS) is 9.75. The van der Waals surface area contributed by atoms with Crippen LogP contribution in [0.4, 0.5) is 0 Å². The van der Waals surface area contributed by atoms with Crippen LogP contribution in [0.25, 0.3) is 0 Å². The molecule has 0 heterocycles. The minimum atomic E-state index is 0.819. The van der Waals surface area contributed by atoms with E-state index in [0.717, 1.165) is 19.6 Å². The van der Waals surface area contributed by atoms with Gasteiger partial charge in [0.25, 0.3) is 0 Å². The van der Waals surface area contributed by atoms with Crippen molar-refractivity contribution in [2.75, 3.05) is 20.3 Å². The number of hydrogen-bond donors (Lipinski definition) is 3. The van der Waals surface area contributed by atoms with E-state index in [1.165, 1.54) is 0 Å². The van der Waals surface area contributed by atoms with Crippen molar-refractivity contribution >= 4 is 0 Å². The molecule has 0 spiro atoms. The molecule has 0 rings (SSSR count). The van der Waals surface area contributed by atoms with Gasteiger partial charge >= 0.3 is 0 Å². The van der Waals surface area contributed by atoms with Gasteiger partial charge < -0.3 is 5.32 Å². The Hall–Kier alpha value is -0.120. The van der Waals surface area contributed by atoms with Crippen molar-refractivity contribution in [1.82, 2.24) is 16.2 Å².